The summed E-state index contributed by atoms with van der Waals surface area (Å²) in [7, 11) is 1.87. The van der Waals surface area contributed by atoms with E-state index in [9.17, 15) is 9.50 Å². The molecule has 21 heavy (non-hydrogen) atoms. The Morgan fingerprint density at radius 3 is 2.76 bits per heavy atom. The molecule has 1 N–H and O–H groups in total. The van der Waals surface area contributed by atoms with Crippen LogP contribution in [0.15, 0.2) is 42.0 Å². The molecule has 108 valence electrons. The van der Waals surface area contributed by atoms with E-state index in [1.807, 2.05) is 23.4 Å². The zero-order chi connectivity index (χ0) is 14.8. The first-order chi connectivity index (χ1) is 10.1. The first-order valence-electron chi connectivity index (χ1n) is 6.48. The molecule has 0 aliphatic rings. The molecule has 0 radical (unpaired) electrons. The SMILES string of the molecule is CN(C[C@H](O)c1ccc(F)cc1)c1ncnc2ccsc12. The van der Waals surface area contributed by atoms with Gasteiger partial charge in [0.1, 0.15) is 18.0 Å². The molecular formula is C15H14FN3OS. The minimum Gasteiger partial charge on any atom is -0.387 e. The lowest BCUT2D eigenvalue weighted by molar-refractivity contribution is 0.185. The Kier molecular flexibility index (Phi) is 3.81. The van der Waals surface area contributed by atoms with Gasteiger partial charge in [-0.05, 0) is 29.1 Å². The molecule has 0 saturated heterocycles. The maximum absolute atomic E-state index is 12.9. The average Bonchev–Trinajstić information content (AvgIpc) is 2.96. The number of fused-ring (bicyclic) bond motifs is 1. The van der Waals surface area contributed by atoms with Gasteiger partial charge >= 0.3 is 0 Å². The largest absolute Gasteiger partial charge is 0.387 e. The third-order valence-corrected chi connectivity index (χ3v) is 4.19. The van der Waals surface area contributed by atoms with Gasteiger partial charge in [-0.25, -0.2) is 14.4 Å². The first-order valence-corrected chi connectivity index (χ1v) is 7.36. The van der Waals surface area contributed by atoms with Crippen molar-refractivity contribution < 1.29 is 9.50 Å². The maximum atomic E-state index is 12.9. The minimum absolute atomic E-state index is 0.310. The van der Waals surface area contributed by atoms with Gasteiger partial charge in [0.2, 0.25) is 0 Å². The van der Waals surface area contributed by atoms with E-state index in [1.165, 1.54) is 18.5 Å². The molecule has 3 aromatic rings. The Balaban J connectivity index is 1.81. The Labute approximate surface area is 125 Å². The predicted octanol–water partition coefficient (Wildman–Crippen LogP) is 3.00. The molecule has 0 fully saturated rings. The van der Waals surface area contributed by atoms with Gasteiger partial charge in [-0.1, -0.05) is 12.1 Å². The normalized spacial score (nSPS) is 12.5. The van der Waals surface area contributed by atoms with Crippen LogP contribution in [0.25, 0.3) is 10.2 Å². The van der Waals surface area contributed by atoms with Gasteiger partial charge < -0.3 is 10.0 Å². The van der Waals surface area contributed by atoms with Gasteiger partial charge in [0.25, 0.3) is 0 Å². The summed E-state index contributed by atoms with van der Waals surface area (Å²) in [6, 6.07) is 7.82. The van der Waals surface area contributed by atoms with Crippen molar-refractivity contribution in [1.82, 2.24) is 9.97 Å². The number of hydrogen-bond acceptors (Lipinski definition) is 5. The van der Waals surface area contributed by atoms with Crippen LogP contribution in [-0.4, -0.2) is 28.7 Å². The molecule has 0 aliphatic carbocycles. The van der Waals surface area contributed by atoms with Crippen LogP contribution in [0, 0.1) is 5.82 Å². The highest BCUT2D eigenvalue weighted by molar-refractivity contribution is 7.17. The molecule has 0 saturated carbocycles. The fraction of sp³-hybridized carbons (Fsp3) is 0.200. The fourth-order valence-electron chi connectivity index (χ4n) is 2.18. The Bertz CT molecular complexity index is 744. The number of aliphatic hydroxyl groups is 1. The van der Waals surface area contributed by atoms with Crippen LogP contribution < -0.4 is 4.90 Å². The zero-order valence-corrected chi connectivity index (χ0v) is 12.2. The van der Waals surface area contributed by atoms with Crippen molar-refractivity contribution in [3.05, 3.63) is 53.4 Å². The average molecular weight is 303 g/mol. The Hall–Kier alpha value is -2.05. The van der Waals surface area contributed by atoms with Crippen LogP contribution in [0.5, 0.6) is 0 Å². The molecule has 6 heteroatoms. The van der Waals surface area contributed by atoms with Crippen molar-refractivity contribution in [2.24, 2.45) is 0 Å². The van der Waals surface area contributed by atoms with E-state index in [2.05, 4.69) is 9.97 Å². The summed E-state index contributed by atoms with van der Waals surface area (Å²) < 4.78 is 13.9. The van der Waals surface area contributed by atoms with Crippen molar-refractivity contribution in [2.75, 3.05) is 18.5 Å². The highest BCUT2D eigenvalue weighted by Gasteiger charge is 2.15. The molecule has 0 amide bonds. The molecule has 0 bridgehead atoms. The second kappa shape index (κ2) is 5.75. The molecule has 0 unspecified atom stereocenters. The molecular weight excluding hydrogens is 289 g/mol. The highest BCUT2D eigenvalue weighted by Crippen LogP contribution is 2.28. The van der Waals surface area contributed by atoms with Crippen molar-refractivity contribution in [3.8, 4) is 0 Å². The lowest BCUT2D eigenvalue weighted by atomic mass is 10.1. The highest BCUT2D eigenvalue weighted by atomic mass is 32.1. The minimum atomic E-state index is -0.708. The fourth-order valence-corrected chi connectivity index (χ4v) is 3.07. The Morgan fingerprint density at radius 2 is 2.00 bits per heavy atom. The van der Waals surface area contributed by atoms with Gasteiger partial charge in [-0.15, -0.1) is 11.3 Å². The van der Waals surface area contributed by atoms with Crippen molar-refractivity contribution in [2.45, 2.75) is 6.10 Å². The van der Waals surface area contributed by atoms with Gasteiger partial charge in [0, 0.05) is 13.6 Å². The molecule has 0 aliphatic heterocycles. The predicted molar refractivity (Wildman–Crippen MR) is 82.0 cm³/mol. The van der Waals surface area contributed by atoms with Crippen molar-refractivity contribution >= 4 is 27.4 Å². The standard InChI is InChI=1S/C15H14FN3OS/c1-19(8-13(20)10-2-4-11(16)5-3-10)15-14-12(6-7-21-14)17-9-18-15/h2-7,9,13,20H,8H2,1H3/t13-/m0/s1. The number of rotatable bonds is 4. The van der Waals surface area contributed by atoms with Crippen LogP contribution in [0.4, 0.5) is 10.2 Å². The van der Waals surface area contributed by atoms with Crippen LogP contribution >= 0.6 is 11.3 Å². The summed E-state index contributed by atoms with van der Waals surface area (Å²) in [5, 5.41) is 12.2. The van der Waals surface area contributed by atoms with E-state index in [4.69, 9.17) is 0 Å². The van der Waals surface area contributed by atoms with Gasteiger partial charge in [0.15, 0.2) is 0 Å². The number of likely N-dealkylation sites (N-methyl/N-ethyl adjacent to an activating group) is 1. The first kappa shape index (κ1) is 13.9. The summed E-state index contributed by atoms with van der Waals surface area (Å²) >= 11 is 1.57. The number of hydrogen-bond donors (Lipinski definition) is 1. The van der Waals surface area contributed by atoms with Gasteiger partial charge in [-0.3, -0.25) is 0 Å². The van der Waals surface area contributed by atoms with E-state index in [0.29, 0.717) is 12.1 Å². The number of aromatic nitrogens is 2. The number of nitrogens with zero attached hydrogens (tertiary/aromatic N) is 3. The zero-order valence-electron chi connectivity index (χ0n) is 11.4. The molecule has 1 aromatic carbocycles. The quantitative estimate of drug-likeness (QED) is 0.805. The van der Waals surface area contributed by atoms with Crippen LogP contribution in [0.2, 0.25) is 0 Å². The smallest absolute Gasteiger partial charge is 0.149 e. The lowest BCUT2D eigenvalue weighted by Gasteiger charge is -2.22. The molecule has 2 heterocycles. The number of anilines is 1. The molecule has 3 rings (SSSR count). The number of aliphatic hydroxyl groups excluding tert-OH is 1. The summed E-state index contributed by atoms with van der Waals surface area (Å²) in [5.41, 5.74) is 1.58. The van der Waals surface area contributed by atoms with Crippen LogP contribution in [0.3, 0.4) is 0 Å². The van der Waals surface area contributed by atoms with E-state index in [-0.39, 0.29) is 5.82 Å². The van der Waals surface area contributed by atoms with E-state index < -0.39 is 6.10 Å². The van der Waals surface area contributed by atoms with Crippen LogP contribution in [-0.2, 0) is 0 Å². The monoisotopic (exact) mass is 303 g/mol. The van der Waals surface area contributed by atoms with Crippen molar-refractivity contribution in [3.63, 3.8) is 0 Å². The Morgan fingerprint density at radius 1 is 1.24 bits per heavy atom. The van der Waals surface area contributed by atoms with E-state index >= 15 is 0 Å². The summed E-state index contributed by atoms with van der Waals surface area (Å²) in [4.78, 5) is 10.4. The van der Waals surface area contributed by atoms with Gasteiger partial charge in [0.05, 0.1) is 16.3 Å². The van der Waals surface area contributed by atoms with Crippen LogP contribution in [0.1, 0.15) is 11.7 Å². The maximum Gasteiger partial charge on any atom is 0.149 e. The van der Waals surface area contributed by atoms with E-state index in [1.54, 1.807) is 23.5 Å². The topological polar surface area (TPSA) is 49.2 Å². The molecule has 4 nitrogen and oxygen atoms in total. The summed E-state index contributed by atoms with van der Waals surface area (Å²) in [6.45, 7) is 0.371. The third-order valence-electron chi connectivity index (χ3n) is 3.29. The number of halogens is 1. The number of benzene rings is 1. The summed E-state index contributed by atoms with van der Waals surface area (Å²) in [6.07, 6.45) is 0.811. The molecule has 2 aromatic heterocycles. The molecule has 1 atom stereocenters. The van der Waals surface area contributed by atoms with E-state index in [0.717, 1.165) is 16.0 Å². The lowest BCUT2D eigenvalue weighted by Crippen LogP contribution is -2.25. The van der Waals surface area contributed by atoms with Gasteiger partial charge in [-0.2, -0.15) is 0 Å². The summed E-state index contributed by atoms with van der Waals surface area (Å²) in [5.74, 6) is 0.478. The third kappa shape index (κ3) is 2.86. The van der Waals surface area contributed by atoms with Crippen molar-refractivity contribution in [1.29, 1.82) is 0 Å². The number of thiophene rings is 1. The second-order valence-electron chi connectivity index (χ2n) is 4.78. The molecule has 0 spiro atoms. The second-order valence-corrected chi connectivity index (χ2v) is 5.70.